The van der Waals surface area contributed by atoms with Gasteiger partial charge in [0, 0.05) is 12.1 Å². The van der Waals surface area contributed by atoms with E-state index in [0.29, 0.717) is 5.56 Å². The summed E-state index contributed by atoms with van der Waals surface area (Å²) in [5.41, 5.74) is 1.12. The van der Waals surface area contributed by atoms with Gasteiger partial charge in [0.25, 0.3) is 0 Å². The van der Waals surface area contributed by atoms with Crippen LogP contribution in [0, 0.1) is 18.6 Å². The number of benzene rings is 2. The van der Waals surface area contributed by atoms with Crippen molar-refractivity contribution in [1.29, 1.82) is 0 Å². The van der Waals surface area contributed by atoms with Crippen LogP contribution in [-0.4, -0.2) is 12.6 Å². The molecule has 120 valence electrons. The van der Waals surface area contributed by atoms with Gasteiger partial charge in [-0.25, -0.2) is 13.6 Å². The standard InChI is InChI=1S/C18H17F2NO2/c1-13-9-10-16(19)15(17(13)20)8-5-11-21-18(22)23-12-14-6-3-2-4-7-14/h2-10H,11-12H2,1H3,(H,21,22). The van der Waals surface area contributed by atoms with E-state index in [1.54, 1.807) is 6.92 Å². The summed E-state index contributed by atoms with van der Waals surface area (Å²) in [6.45, 7) is 1.84. The predicted octanol–water partition coefficient (Wildman–Crippen LogP) is 4.21. The second kappa shape index (κ2) is 8.08. The Morgan fingerprint density at radius 2 is 1.91 bits per heavy atom. The lowest BCUT2D eigenvalue weighted by Crippen LogP contribution is -2.24. The maximum absolute atomic E-state index is 13.8. The van der Waals surface area contributed by atoms with Crippen molar-refractivity contribution in [2.45, 2.75) is 13.5 Å². The van der Waals surface area contributed by atoms with Crippen molar-refractivity contribution in [3.8, 4) is 0 Å². The van der Waals surface area contributed by atoms with E-state index in [-0.39, 0.29) is 18.7 Å². The van der Waals surface area contributed by atoms with Crippen LogP contribution >= 0.6 is 0 Å². The molecule has 2 aromatic rings. The first-order chi connectivity index (χ1) is 11.1. The smallest absolute Gasteiger partial charge is 0.407 e. The first-order valence-corrected chi connectivity index (χ1v) is 7.13. The molecule has 0 heterocycles. The van der Waals surface area contributed by atoms with Crippen LogP contribution in [0.5, 0.6) is 0 Å². The molecule has 2 aromatic carbocycles. The summed E-state index contributed by atoms with van der Waals surface area (Å²) >= 11 is 0. The summed E-state index contributed by atoms with van der Waals surface area (Å²) < 4.78 is 32.3. The van der Waals surface area contributed by atoms with E-state index < -0.39 is 17.7 Å². The van der Waals surface area contributed by atoms with Gasteiger partial charge in [-0.2, -0.15) is 0 Å². The van der Waals surface area contributed by atoms with Crippen molar-refractivity contribution in [2.24, 2.45) is 0 Å². The lowest BCUT2D eigenvalue weighted by molar-refractivity contribution is 0.141. The number of hydrogen-bond acceptors (Lipinski definition) is 2. The van der Waals surface area contributed by atoms with Crippen LogP contribution in [0.25, 0.3) is 6.08 Å². The fourth-order valence-corrected chi connectivity index (χ4v) is 1.92. The number of halogens is 2. The average Bonchev–Trinajstić information content (AvgIpc) is 2.57. The van der Waals surface area contributed by atoms with Crippen LogP contribution in [0.2, 0.25) is 0 Å². The zero-order valence-corrected chi connectivity index (χ0v) is 12.7. The number of nitrogens with one attached hydrogen (secondary N) is 1. The molecule has 0 atom stereocenters. The molecule has 0 aliphatic heterocycles. The molecule has 0 aliphatic rings. The molecule has 5 heteroatoms. The normalized spacial score (nSPS) is 10.7. The molecule has 0 fully saturated rings. The summed E-state index contributed by atoms with van der Waals surface area (Å²) in [5.74, 6) is -1.25. The Morgan fingerprint density at radius 1 is 1.17 bits per heavy atom. The largest absolute Gasteiger partial charge is 0.445 e. The number of carbonyl (C=O) groups is 1. The topological polar surface area (TPSA) is 38.3 Å². The van der Waals surface area contributed by atoms with Gasteiger partial charge < -0.3 is 10.1 Å². The molecule has 0 bridgehead atoms. The van der Waals surface area contributed by atoms with Gasteiger partial charge in [-0.15, -0.1) is 0 Å². The van der Waals surface area contributed by atoms with Crippen molar-refractivity contribution in [1.82, 2.24) is 5.32 Å². The average molecular weight is 317 g/mol. The summed E-state index contributed by atoms with van der Waals surface area (Å²) in [4.78, 5) is 11.5. The van der Waals surface area contributed by atoms with Gasteiger partial charge in [0.2, 0.25) is 0 Å². The lowest BCUT2D eigenvalue weighted by atomic mass is 10.1. The number of amides is 1. The summed E-state index contributed by atoms with van der Waals surface area (Å²) in [6, 6.07) is 11.8. The van der Waals surface area contributed by atoms with E-state index in [9.17, 15) is 13.6 Å². The molecule has 0 aromatic heterocycles. The van der Waals surface area contributed by atoms with Crippen molar-refractivity contribution in [3.63, 3.8) is 0 Å². The Morgan fingerprint density at radius 3 is 2.65 bits per heavy atom. The van der Waals surface area contributed by atoms with Gasteiger partial charge in [-0.05, 0) is 24.1 Å². The molecule has 0 saturated carbocycles. The summed E-state index contributed by atoms with van der Waals surface area (Å²) in [6.07, 6.45) is 2.17. The molecular weight excluding hydrogens is 300 g/mol. The minimum atomic E-state index is -0.643. The highest BCUT2D eigenvalue weighted by molar-refractivity contribution is 5.67. The fraction of sp³-hybridized carbons (Fsp3) is 0.167. The zero-order chi connectivity index (χ0) is 16.7. The molecule has 23 heavy (non-hydrogen) atoms. The second-order valence-electron chi connectivity index (χ2n) is 4.94. The van der Waals surface area contributed by atoms with Crippen LogP contribution in [0.15, 0.2) is 48.5 Å². The molecule has 0 radical (unpaired) electrons. The number of alkyl carbamates (subject to hydrolysis) is 1. The molecule has 1 amide bonds. The van der Waals surface area contributed by atoms with Crippen molar-refractivity contribution < 1.29 is 18.3 Å². The number of carbonyl (C=O) groups excluding carboxylic acids is 1. The third-order valence-electron chi connectivity index (χ3n) is 3.18. The van der Waals surface area contributed by atoms with E-state index in [4.69, 9.17) is 4.74 Å². The Balaban J connectivity index is 1.80. The molecule has 0 spiro atoms. The minimum Gasteiger partial charge on any atom is -0.445 e. The number of rotatable bonds is 5. The second-order valence-corrected chi connectivity index (χ2v) is 4.94. The fourth-order valence-electron chi connectivity index (χ4n) is 1.92. The van der Waals surface area contributed by atoms with E-state index in [2.05, 4.69) is 5.32 Å². The molecular formula is C18H17F2NO2. The monoisotopic (exact) mass is 317 g/mol. The molecule has 1 N–H and O–H groups in total. The Labute approximate surface area is 133 Å². The van der Waals surface area contributed by atoms with Gasteiger partial charge in [0.1, 0.15) is 18.2 Å². The highest BCUT2D eigenvalue weighted by Gasteiger charge is 2.08. The Kier molecular flexibility index (Phi) is 5.86. The highest BCUT2D eigenvalue weighted by Crippen LogP contribution is 2.17. The van der Waals surface area contributed by atoms with Crippen LogP contribution < -0.4 is 5.32 Å². The van der Waals surface area contributed by atoms with Gasteiger partial charge in [-0.3, -0.25) is 0 Å². The number of aryl methyl sites for hydroxylation is 1. The number of hydrogen-bond donors (Lipinski definition) is 1. The van der Waals surface area contributed by atoms with Crippen LogP contribution in [-0.2, 0) is 11.3 Å². The van der Waals surface area contributed by atoms with Crippen LogP contribution in [0.3, 0.4) is 0 Å². The molecule has 0 saturated heterocycles. The van der Waals surface area contributed by atoms with Gasteiger partial charge >= 0.3 is 6.09 Å². The van der Waals surface area contributed by atoms with Crippen molar-refractivity contribution in [3.05, 3.63) is 76.9 Å². The zero-order valence-electron chi connectivity index (χ0n) is 12.7. The van der Waals surface area contributed by atoms with Crippen molar-refractivity contribution >= 4 is 12.2 Å². The molecule has 2 rings (SSSR count). The molecule has 3 nitrogen and oxygen atoms in total. The van der Waals surface area contributed by atoms with E-state index in [1.807, 2.05) is 30.3 Å². The minimum absolute atomic E-state index is 0.112. The Hall–Kier alpha value is -2.69. The lowest BCUT2D eigenvalue weighted by Gasteiger charge is -2.05. The quantitative estimate of drug-likeness (QED) is 0.897. The van der Waals surface area contributed by atoms with Crippen LogP contribution in [0.4, 0.5) is 13.6 Å². The van der Waals surface area contributed by atoms with Crippen LogP contribution in [0.1, 0.15) is 16.7 Å². The van der Waals surface area contributed by atoms with E-state index in [0.717, 1.165) is 5.56 Å². The highest BCUT2D eigenvalue weighted by atomic mass is 19.1. The maximum Gasteiger partial charge on any atom is 0.407 e. The summed E-state index contributed by atoms with van der Waals surface area (Å²) in [7, 11) is 0. The van der Waals surface area contributed by atoms with Gasteiger partial charge in [-0.1, -0.05) is 48.6 Å². The third-order valence-corrected chi connectivity index (χ3v) is 3.18. The van der Waals surface area contributed by atoms with Gasteiger partial charge in [0.15, 0.2) is 0 Å². The third kappa shape index (κ3) is 4.92. The summed E-state index contributed by atoms with van der Waals surface area (Å²) in [5, 5.41) is 2.48. The molecule has 0 aliphatic carbocycles. The first kappa shape index (κ1) is 16.7. The maximum atomic E-state index is 13.8. The SMILES string of the molecule is Cc1ccc(F)c(C=CCNC(=O)OCc2ccccc2)c1F. The number of ether oxygens (including phenoxy) is 1. The van der Waals surface area contributed by atoms with Crippen molar-refractivity contribution in [2.75, 3.05) is 6.54 Å². The van der Waals surface area contributed by atoms with Gasteiger partial charge in [0.05, 0.1) is 0 Å². The predicted molar refractivity (Wildman–Crippen MR) is 84.8 cm³/mol. The first-order valence-electron chi connectivity index (χ1n) is 7.13. The van der Waals surface area contributed by atoms with E-state index >= 15 is 0 Å². The molecule has 0 unspecified atom stereocenters. The van der Waals surface area contributed by atoms with E-state index in [1.165, 1.54) is 24.3 Å². The Bertz CT molecular complexity index is 700.